The van der Waals surface area contributed by atoms with Crippen LogP contribution in [0.2, 0.25) is 0 Å². The molecule has 0 saturated carbocycles. The van der Waals surface area contributed by atoms with Crippen LogP contribution in [-0.4, -0.2) is 12.6 Å². The maximum atomic E-state index is 11.7. The summed E-state index contributed by atoms with van der Waals surface area (Å²) in [6.45, 7) is 2.27. The molecule has 0 N–H and O–H groups in total. The number of rotatable bonds is 2. The van der Waals surface area contributed by atoms with E-state index in [9.17, 15) is 4.79 Å². The third-order valence-corrected chi connectivity index (χ3v) is 4.65. The summed E-state index contributed by atoms with van der Waals surface area (Å²) in [4.78, 5) is 13.1. The molecule has 3 rings (SSSR count). The fourth-order valence-corrected chi connectivity index (χ4v) is 3.94. The smallest absolute Gasteiger partial charge is 0.331 e. The van der Waals surface area contributed by atoms with Gasteiger partial charge in [-0.3, -0.25) is 0 Å². The zero-order valence-electron chi connectivity index (χ0n) is 10.9. The van der Waals surface area contributed by atoms with Gasteiger partial charge in [0.05, 0.1) is 6.61 Å². The molecule has 0 amide bonds. The SMILES string of the molecule is CCOC(=O)/C=C1\CCCc2sc3ccccc3c21. The van der Waals surface area contributed by atoms with E-state index in [4.69, 9.17) is 4.74 Å². The van der Waals surface area contributed by atoms with Crippen LogP contribution in [0.3, 0.4) is 0 Å². The summed E-state index contributed by atoms with van der Waals surface area (Å²) in [6.07, 6.45) is 4.88. The van der Waals surface area contributed by atoms with Crippen molar-refractivity contribution in [3.63, 3.8) is 0 Å². The van der Waals surface area contributed by atoms with Crippen molar-refractivity contribution in [3.05, 3.63) is 40.8 Å². The number of allylic oxidation sites excluding steroid dienone is 1. The summed E-state index contributed by atoms with van der Waals surface area (Å²) >= 11 is 1.85. The molecule has 0 spiro atoms. The zero-order valence-corrected chi connectivity index (χ0v) is 11.8. The van der Waals surface area contributed by atoms with Gasteiger partial charge in [-0.05, 0) is 43.4 Å². The molecule has 1 aliphatic rings. The first-order valence-corrected chi connectivity index (χ1v) is 7.49. The number of hydrogen-bond acceptors (Lipinski definition) is 3. The number of carbonyl (C=O) groups excluding carboxylic acids is 1. The summed E-state index contributed by atoms with van der Waals surface area (Å²) < 4.78 is 6.35. The molecule has 0 unspecified atom stereocenters. The lowest BCUT2D eigenvalue weighted by molar-refractivity contribution is -0.137. The monoisotopic (exact) mass is 272 g/mol. The number of ether oxygens (including phenoxy) is 1. The molecule has 2 aromatic rings. The molecule has 1 heterocycles. The topological polar surface area (TPSA) is 26.3 Å². The van der Waals surface area contributed by atoms with Crippen LogP contribution in [0.15, 0.2) is 30.3 Å². The minimum Gasteiger partial charge on any atom is -0.463 e. The Morgan fingerprint density at radius 2 is 2.21 bits per heavy atom. The van der Waals surface area contributed by atoms with Gasteiger partial charge in [0.1, 0.15) is 0 Å². The molecule has 19 heavy (non-hydrogen) atoms. The van der Waals surface area contributed by atoms with Gasteiger partial charge in [-0.15, -0.1) is 11.3 Å². The van der Waals surface area contributed by atoms with Gasteiger partial charge in [0.15, 0.2) is 0 Å². The lowest BCUT2D eigenvalue weighted by Gasteiger charge is -2.15. The Morgan fingerprint density at radius 1 is 1.37 bits per heavy atom. The van der Waals surface area contributed by atoms with E-state index in [2.05, 4.69) is 24.3 Å². The number of carbonyl (C=O) groups is 1. The van der Waals surface area contributed by atoms with Crippen molar-refractivity contribution in [1.29, 1.82) is 0 Å². The van der Waals surface area contributed by atoms with Crippen molar-refractivity contribution >= 4 is 33.0 Å². The standard InChI is InChI=1S/C16H16O2S/c1-2-18-15(17)10-11-6-5-9-14-16(11)12-7-3-4-8-13(12)19-14/h3-4,7-8,10H,2,5-6,9H2,1H3/b11-10+. The second-order valence-corrected chi connectivity index (χ2v) is 5.81. The van der Waals surface area contributed by atoms with Crippen molar-refractivity contribution < 1.29 is 9.53 Å². The first-order chi connectivity index (χ1) is 9.29. The Hall–Kier alpha value is -1.61. The molecule has 0 fully saturated rings. The zero-order chi connectivity index (χ0) is 13.2. The van der Waals surface area contributed by atoms with Crippen molar-refractivity contribution in [2.45, 2.75) is 26.2 Å². The average Bonchev–Trinajstić information content (AvgIpc) is 2.78. The second-order valence-electron chi connectivity index (χ2n) is 4.67. The Bertz CT molecular complexity index is 652. The fraction of sp³-hybridized carbons (Fsp3) is 0.312. The third kappa shape index (κ3) is 2.30. The summed E-state index contributed by atoms with van der Waals surface area (Å²) in [7, 11) is 0. The van der Waals surface area contributed by atoms with Gasteiger partial charge in [-0.25, -0.2) is 4.79 Å². The molecule has 2 nitrogen and oxygen atoms in total. The van der Waals surface area contributed by atoms with Crippen molar-refractivity contribution in [2.75, 3.05) is 6.61 Å². The molecule has 0 radical (unpaired) electrons. The molecule has 3 heteroatoms. The van der Waals surface area contributed by atoms with Crippen molar-refractivity contribution in [3.8, 4) is 0 Å². The van der Waals surface area contributed by atoms with Gasteiger partial charge in [-0.2, -0.15) is 0 Å². The molecule has 0 aliphatic heterocycles. The summed E-state index contributed by atoms with van der Waals surface area (Å²) in [5.41, 5.74) is 2.41. The van der Waals surface area contributed by atoms with Crippen LogP contribution in [0.4, 0.5) is 0 Å². The Kier molecular flexibility index (Phi) is 3.38. The molecule has 1 aliphatic carbocycles. The van der Waals surface area contributed by atoms with Gasteiger partial charge in [0.2, 0.25) is 0 Å². The highest BCUT2D eigenvalue weighted by molar-refractivity contribution is 7.19. The maximum Gasteiger partial charge on any atom is 0.331 e. The summed E-state index contributed by atoms with van der Waals surface area (Å²) in [5.74, 6) is -0.222. The number of benzene rings is 1. The number of hydrogen-bond donors (Lipinski definition) is 0. The normalized spacial score (nSPS) is 16.6. The first-order valence-electron chi connectivity index (χ1n) is 6.67. The fourth-order valence-electron chi connectivity index (χ4n) is 2.66. The van der Waals surface area contributed by atoms with E-state index < -0.39 is 0 Å². The van der Waals surface area contributed by atoms with E-state index in [1.807, 2.05) is 18.3 Å². The summed E-state index contributed by atoms with van der Waals surface area (Å²) in [6, 6.07) is 8.43. The lowest BCUT2D eigenvalue weighted by atomic mass is 9.90. The Balaban J connectivity index is 2.10. The van der Waals surface area contributed by atoms with E-state index in [1.165, 1.54) is 20.5 Å². The highest BCUT2D eigenvalue weighted by atomic mass is 32.1. The Morgan fingerprint density at radius 3 is 3.05 bits per heavy atom. The van der Waals surface area contributed by atoms with Crippen molar-refractivity contribution in [1.82, 2.24) is 0 Å². The molecule has 0 atom stereocenters. The molecule has 0 saturated heterocycles. The minimum atomic E-state index is -0.222. The minimum absolute atomic E-state index is 0.222. The molecular weight excluding hydrogens is 256 g/mol. The van der Waals surface area contributed by atoms with Gasteiger partial charge >= 0.3 is 5.97 Å². The molecule has 0 bridgehead atoms. The molecule has 1 aromatic heterocycles. The van der Waals surface area contributed by atoms with Crippen LogP contribution in [0.5, 0.6) is 0 Å². The van der Waals surface area contributed by atoms with Crippen LogP contribution in [0.1, 0.15) is 30.2 Å². The van der Waals surface area contributed by atoms with Gasteiger partial charge in [0, 0.05) is 21.0 Å². The van der Waals surface area contributed by atoms with E-state index in [-0.39, 0.29) is 5.97 Å². The predicted molar refractivity (Wildman–Crippen MR) is 79.4 cm³/mol. The quantitative estimate of drug-likeness (QED) is 0.605. The highest BCUT2D eigenvalue weighted by Gasteiger charge is 2.20. The van der Waals surface area contributed by atoms with E-state index in [0.29, 0.717) is 6.61 Å². The highest BCUT2D eigenvalue weighted by Crippen LogP contribution is 2.41. The van der Waals surface area contributed by atoms with Crippen LogP contribution in [-0.2, 0) is 16.0 Å². The van der Waals surface area contributed by atoms with Gasteiger partial charge < -0.3 is 4.74 Å². The van der Waals surface area contributed by atoms with Crippen LogP contribution in [0.25, 0.3) is 15.7 Å². The number of thiophene rings is 1. The third-order valence-electron chi connectivity index (χ3n) is 3.42. The molecule has 98 valence electrons. The first kappa shape index (κ1) is 12.4. The van der Waals surface area contributed by atoms with Crippen molar-refractivity contribution in [2.24, 2.45) is 0 Å². The van der Waals surface area contributed by atoms with E-state index >= 15 is 0 Å². The van der Waals surface area contributed by atoms with Crippen LogP contribution >= 0.6 is 11.3 Å². The number of fused-ring (bicyclic) bond motifs is 3. The second kappa shape index (κ2) is 5.17. The Labute approximate surface area is 116 Å². The summed E-state index contributed by atoms with van der Waals surface area (Å²) in [5, 5.41) is 1.28. The van der Waals surface area contributed by atoms with Gasteiger partial charge in [0.25, 0.3) is 0 Å². The van der Waals surface area contributed by atoms with Crippen LogP contribution < -0.4 is 0 Å². The molecule has 1 aromatic carbocycles. The average molecular weight is 272 g/mol. The van der Waals surface area contributed by atoms with E-state index in [1.54, 1.807) is 6.08 Å². The van der Waals surface area contributed by atoms with Crippen LogP contribution in [0, 0.1) is 0 Å². The van der Waals surface area contributed by atoms with E-state index in [0.717, 1.165) is 24.8 Å². The van der Waals surface area contributed by atoms with Gasteiger partial charge in [-0.1, -0.05) is 18.2 Å². The molecular formula is C16H16O2S. The lowest BCUT2D eigenvalue weighted by Crippen LogP contribution is -2.04. The largest absolute Gasteiger partial charge is 0.463 e. The maximum absolute atomic E-state index is 11.7. The predicted octanol–water partition coefficient (Wildman–Crippen LogP) is 4.18. The number of esters is 1. The number of aryl methyl sites for hydroxylation is 1.